The maximum absolute atomic E-state index is 12.6. The van der Waals surface area contributed by atoms with Gasteiger partial charge in [-0.2, -0.15) is 0 Å². The molecule has 2 atom stereocenters. The van der Waals surface area contributed by atoms with Crippen LogP contribution in [0.25, 0.3) is 0 Å². The molecular weight excluding hydrogens is 338 g/mol. The SMILES string of the molecule is Cc1cccc(N(CC(=O)N[C@H]2CCCN3CCC[C@@H]23)S(C)(=O)=O)c1. The van der Waals surface area contributed by atoms with Crippen LogP contribution in [0.5, 0.6) is 0 Å². The molecule has 138 valence electrons. The summed E-state index contributed by atoms with van der Waals surface area (Å²) in [6.07, 6.45) is 5.47. The Kier molecular flexibility index (Phi) is 5.34. The molecule has 1 aromatic rings. The van der Waals surface area contributed by atoms with Gasteiger partial charge in [0.2, 0.25) is 15.9 Å². The second-order valence-corrected chi connectivity index (χ2v) is 9.08. The van der Waals surface area contributed by atoms with Crippen LogP contribution in [-0.2, 0) is 14.8 Å². The number of aryl methyl sites for hydroxylation is 1. The number of nitrogens with zero attached hydrogens (tertiary/aromatic N) is 2. The van der Waals surface area contributed by atoms with E-state index in [4.69, 9.17) is 0 Å². The van der Waals surface area contributed by atoms with E-state index in [1.54, 1.807) is 18.2 Å². The Morgan fingerprint density at radius 2 is 2.00 bits per heavy atom. The number of piperidine rings is 1. The molecule has 0 aromatic heterocycles. The van der Waals surface area contributed by atoms with E-state index in [1.807, 2.05) is 13.0 Å². The van der Waals surface area contributed by atoms with Crippen molar-refractivity contribution in [2.24, 2.45) is 0 Å². The van der Waals surface area contributed by atoms with Gasteiger partial charge in [0.1, 0.15) is 6.54 Å². The largest absolute Gasteiger partial charge is 0.350 e. The van der Waals surface area contributed by atoms with E-state index in [9.17, 15) is 13.2 Å². The molecule has 6 nitrogen and oxygen atoms in total. The van der Waals surface area contributed by atoms with Crippen LogP contribution in [0.2, 0.25) is 0 Å². The van der Waals surface area contributed by atoms with Crippen molar-refractivity contribution in [3.05, 3.63) is 29.8 Å². The first-order valence-corrected chi connectivity index (χ1v) is 10.8. The fourth-order valence-electron chi connectivity index (χ4n) is 4.03. The zero-order valence-electron chi connectivity index (χ0n) is 14.9. The molecule has 1 amide bonds. The summed E-state index contributed by atoms with van der Waals surface area (Å²) in [5, 5.41) is 3.09. The first kappa shape index (κ1) is 18.2. The highest BCUT2D eigenvalue weighted by molar-refractivity contribution is 7.92. The Balaban J connectivity index is 1.70. The van der Waals surface area contributed by atoms with Crippen LogP contribution in [-0.4, -0.2) is 57.2 Å². The maximum atomic E-state index is 12.6. The van der Waals surface area contributed by atoms with Crippen molar-refractivity contribution in [1.82, 2.24) is 10.2 Å². The lowest BCUT2D eigenvalue weighted by Crippen LogP contribution is -2.54. The number of hydrogen-bond donors (Lipinski definition) is 1. The Hall–Kier alpha value is -1.60. The first-order chi connectivity index (χ1) is 11.8. The predicted molar refractivity (Wildman–Crippen MR) is 99.1 cm³/mol. The second kappa shape index (κ2) is 7.33. The standard InChI is InChI=1S/C18H27N3O3S/c1-14-6-3-7-15(12-14)21(25(2,23)24)13-18(22)19-16-8-4-10-20-11-5-9-17(16)20/h3,6-7,12,16-17H,4-5,8-11,13H2,1-2H3,(H,19,22)/t16-,17-/m0/s1. The van der Waals surface area contributed by atoms with Crippen LogP contribution in [0.1, 0.15) is 31.2 Å². The van der Waals surface area contributed by atoms with Crippen molar-refractivity contribution in [2.75, 3.05) is 30.2 Å². The van der Waals surface area contributed by atoms with E-state index in [-0.39, 0.29) is 18.5 Å². The molecule has 2 fully saturated rings. The van der Waals surface area contributed by atoms with E-state index >= 15 is 0 Å². The second-order valence-electron chi connectivity index (χ2n) is 7.17. The summed E-state index contributed by atoms with van der Waals surface area (Å²) in [5.74, 6) is -0.231. The Morgan fingerprint density at radius 1 is 1.28 bits per heavy atom. The zero-order chi connectivity index (χ0) is 18.0. The first-order valence-electron chi connectivity index (χ1n) is 8.92. The van der Waals surface area contributed by atoms with E-state index in [2.05, 4.69) is 10.2 Å². The summed E-state index contributed by atoms with van der Waals surface area (Å²) < 4.78 is 25.6. The number of anilines is 1. The average Bonchev–Trinajstić information content (AvgIpc) is 3.01. The average molecular weight is 365 g/mol. The van der Waals surface area contributed by atoms with E-state index < -0.39 is 10.0 Å². The van der Waals surface area contributed by atoms with Crippen molar-refractivity contribution in [3.8, 4) is 0 Å². The number of sulfonamides is 1. The van der Waals surface area contributed by atoms with E-state index in [0.29, 0.717) is 11.7 Å². The zero-order valence-corrected chi connectivity index (χ0v) is 15.8. The molecule has 2 saturated heterocycles. The summed E-state index contributed by atoms with van der Waals surface area (Å²) in [7, 11) is -3.53. The van der Waals surface area contributed by atoms with E-state index in [0.717, 1.165) is 44.2 Å². The summed E-state index contributed by atoms with van der Waals surface area (Å²) in [6, 6.07) is 7.75. The number of carbonyl (C=O) groups excluding carboxylic acids is 1. The topological polar surface area (TPSA) is 69.7 Å². The lowest BCUT2D eigenvalue weighted by Gasteiger charge is -2.37. The van der Waals surface area contributed by atoms with Gasteiger partial charge in [-0.05, 0) is 63.4 Å². The van der Waals surface area contributed by atoms with Crippen molar-refractivity contribution in [2.45, 2.75) is 44.7 Å². The molecule has 0 saturated carbocycles. The van der Waals surface area contributed by atoms with Crippen LogP contribution in [0.15, 0.2) is 24.3 Å². The third-order valence-electron chi connectivity index (χ3n) is 5.16. The minimum absolute atomic E-state index is 0.127. The smallest absolute Gasteiger partial charge is 0.241 e. The van der Waals surface area contributed by atoms with Crippen LogP contribution < -0.4 is 9.62 Å². The molecule has 1 N–H and O–H groups in total. The van der Waals surface area contributed by atoms with Crippen LogP contribution in [0.4, 0.5) is 5.69 Å². The number of benzene rings is 1. The third kappa shape index (κ3) is 4.33. The molecule has 1 aromatic carbocycles. The van der Waals surface area contributed by atoms with Gasteiger partial charge < -0.3 is 5.32 Å². The molecule has 0 unspecified atom stereocenters. The molecule has 25 heavy (non-hydrogen) atoms. The fraction of sp³-hybridized carbons (Fsp3) is 0.611. The minimum atomic E-state index is -3.53. The number of fused-ring (bicyclic) bond motifs is 1. The number of amides is 1. The molecule has 2 heterocycles. The predicted octanol–water partition coefficient (Wildman–Crippen LogP) is 1.50. The minimum Gasteiger partial charge on any atom is -0.350 e. The molecule has 0 spiro atoms. The highest BCUT2D eigenvalue weighted by Crippen LogP contribution is 2.27. The van der Waals surface area contributed by atoms with Gasteiger partial charge in [-0.1, -0.05) is 12.1 Å². The highest BCUT2D eigenvalue weighted by atomic mass is 32.2. The lowest BCUT2D eigenvalue weighted by molar-refractivity contribution is -0.121. The molecule has 3 rings (SSSR count). The monoisotopic (exact) mass is 365 g/mol. The number of nitrogens with one attached hydrogen (secondary N) is 1. The normalized spacial score (nSPS) is 23.9. The molecule has 2 aliphatic heterocycles. The van der Waals surface area contributed by atoms with Crippen molar-refractivity contribution >= 4 is 21.6 Å². The van der Waals surface area contributed by atoms with Crippen LogP contribution in [0.3, 0.4) is 0 Å². The van der Waals surface area contributed by atoms with Crippen molar-refractivity contribution < 1.29 is 13.2 Å². The summed E-state index contributed by atoms with van der Waals surface area (Å²) in [6.45, 7) is 3.94. The van der Waals surface area contributed by atoms with Crippen LogP contribution in [0, 0.1) is 6.92 Å². The fourth-order valence-corrected chi connectivity index (χ4v) is 4.87. The van der Waals surface area contributed by atoms with Gasteiger partial charge in [0.05, 0.1) is 11.9 Å². The van der Waals surface area contributed by atoms with Gasteiger partial charge in [0, 0.05) is 12.1 Å². The molecule has 7 heteroatoms. The molecule has 0 aliphatic carbocycles. The van der Waals surface area contributed by atoms with Gasteiger partial charge in [-0.25, -0.2) is 8.42 Å². The summed E-state index contributed by atoms with van der Waals surface area (Å²) in [4.78, 5) is 15.0. The third-order valence-corrected chi connectivity index (χ3v) is 6.30. The summed E-state index contributed by atoms with van der Waals surface area (Å²) >= 11 is 0. The molecule has 0 radical (unpaired) electrons. The Morgan fingerprint density at radius 3 is 2.68 bits per heavy atom. The quantitative estimate of drug-likeness (QED) is 0.859. The van der Waals surface area contributed by atoms with Crippen molar-refractivity contribution in [3.63, 3.8) is 0 Å². The van der Waals surface area contributed by atoms with Gasteiger partial charge in [0.25, 0.3) is 0 Å². The van der Waals surface area contributed by atoms with Gasteiger partial charge in [-0.3, -0.25) is 14.0 Å². The van der Waals surface area contributed by atoms with E-state index in [1.165, 1.54) is 10.7 Å². The Labute approximate surface area is 150 Å². The van der Waals surface area contributed by atoms with Crippen LogP contribution >= 0.6 is 0 Å². The number of carbonyl (C=O) groups is 1. The molecular formula is C18H27N3O3S. The Bertz CT molecular complexity index is 735. The van der Waals surface area contributed by atoms with Gasteiger partial charge in [0.15, 0.2) is 0 Å². The molecule has 0 bridgehead atoms. The van der Waals surface area contributed by atoms with Crippen molar-refractivity contribution in [1.29, 1.82) is 0 Å². The number of rotatable bonds is 5. The lowest BCUT2D eigenvalue weighted by atomic mass is 9.96. The van der Waals surface area contributed by atoms with Gasteiger partial charge >= 0.3 is 0 Å². The highest BCUT2D eigenvalue weighted by Gasteiger charge is 2.35. The van der Waals surface area contributed by atoms with Gasteiger partial charge in [-0.15, -0.1) is 0 Å². The number of hydrogen-bond acceptors (Lipinski definition) is 4. The summed E-state index contributed by atoms with van der Waals surface area (Å²) in [5.41, 5.74) is 1.49. The maximum Gasteiger partial charge on any atom is 0.241 e. The molecule has 2 aliphatic rings.